The molecule has 14 heavy (non-hydrogen) atoms. The van der Waals surface area contributed by atoms with Crippen molar-refractivity contribution in [2.75, 3.05) is 20.6 Å². The van der Waals surface area contributed by atoms with Gasteiger partial charge in [-0.25, -0.2) is 4.79 Å². The molecule has 1 N–H and O–H groups in total. The zero-order valence-corrected chi connectivity index (χ0v) is 8.69. The van der Waals surface area contributed by atoms with Crippen molar-refractivity contribution in [2.45, 2.75) is 13.5 Å². The van der Waals surface area contributed by atoms with Crippen molar-refractivity contribution >= 4 is 5.97 Å². The maximum atomic E-state index is 10.7. The molecule has 0 bridgehead atoms. The molecule has 0 unspecified atom stereocenters. The first-order valence-electron chi connectivity index (χ1n) is 4.43. The second-order valence-electron chi connectivity index (χ2n) is 3.48. The van der Waals surface area contributed by atoms with Gasteiger partial charge in [0.05, 0.1) is 12.7 Å². The fourth-order valence-corrected chi connectivity index (χ4v) is 1.18. The van der Waals surface area contributed by atoms with Crippen LogP contribution in [0.3, 0.4) is 0 Å². The summed E-state index contributed by atoms with van der Waals surface area (Å²) >= 11 is 0. The van der Waals surface area contributed by atoms with E-state index in [4.69, 9.17) is 5.11 Å². The van der Waals surface area contributed by atoms with Crippen molar-refractivity contribution in [3.8, 4) is 0 Å². The van der Waals surface area contributed by atoms with E-state index in [0.29, 0.717) is 12.2 Å². The first-order chi connectivity index (χ1) is 6.52. The number of nitrogens with zero attached hydrogens (tertiary/aromatic N) is 3. The first kappa shape index (κ1) is 10.7. The van der Waals surface area contributed by atoms with E-state index in [-0.39, 0.29) is 5.56 Å². The molecule has 0 aliphatic rings. The van der Waals surface area contributed by atoms with Crippen molar-refractivity contribution in [1.29, 1.82) is 0 Å². The van der Waals surface area contributed by atoms with Gasteiger partial charge in [0.2, 0.25) is 0 Å². The number of likely N-dealkylation sites (N-methyl/N-ethyl adjacent to an activating group) is 1. The quantitative estimate of drug-likeness (QED) is 0.761. The van der Waals surface area contributed by atoms with Gasteiger partial charge in [0.25, 0.3) is 0 Å². The van der Waals surface area contributed by atoms with Gasteiger partial charge in [-0.3, -0.25) is 4.68 Å². The largest absolute Gasteiger partial charge is 0.478 e. The average molecular weight is 197 g/mol. The van der Waals surface area contributed by atoms with Gasteiger partial charge in [0.1, 0.15) is 5.56 Å². The number of aromatic carboxylic acids is 1. The molecule has 5 heteroatoms. The minimum Gasteiger partial charge on any atom is -0.478 e. The molecule has 1 rings (SSSR count). The third-order valence-electron chi connectivity index (χ3n) is 2.09. The summed E-state index contributed by atoms with van der Waals surface area (Å²) in [6.45, 7) is 3.33. The van der Waals surface area contributed by atoms with E-state index in [2.05, 4.69) is 5.10 Å². The fraction of sp³-hybridized carbons (Fsp3) is 0.556. The van der Waals surface area contributed by atoms with Crippen LogP contribution < -0.4 is 0 Å². The highest BCUT2D eigenvalue weighted by Crippen LogP contribution is 2.06. The van der Waals surface area contributed by atoms with Gasteiger partial charge in [-0.1, -0.05) is 0 Å². The standard InChI is InChI=1S/C9H15N3O2/c1-7-8(9(13)14)6-10-12(7)5-4-11(2)3/h6H,4-5H2,1-3H3,(H,13,14). The lowest BCUT2D eigenvalue weighted by atomic mass is 10.3. The highest BCUT2D eigenvalue weighted by atomic mass is 16.4. The molecule has 0 saturated carbocycles. The minimum absolute atomic E-state index is 0.281. The molecule has 0 aromatic carbocycles. The van der Waals surface area contributed by atoms with E-state index in [1.807, 2.05) is 19.0 Å². The summed E-state index contributed by atoms with van der Waals surface area (Å²) in [4.78, 5) is 12.7. The predicted molar refractivity (Wildman–Crippen MR) is 52.5 cm³/mol. The molecule has 1 heterocycles. The van der Waals surface area contributed by atoms with Crippen LogP contribution in [0.25, 0.3) is 0 Å². The Hall–Kier alpha value is -1.36. The summed E-state index contributed by atoms with van der Waals surface area (Å²) in [7, 11) is 3.94. The molecule has 1 aromatic rings. The molecule has 1 aromatic heterocycles. The van der Waals surface area contributed by atoms with Crippen molar-refractivity contribution in [2.24, 2.45) is 0 Å². The van der Waals surface area contributed by atoms with E-state index in [0.717, 1.165) is 6.54 Å². The number of hydrogen-bond donors (Lipinski definition) is 1. The molecule has 0 fully saturated rings. The van der Waals surface area contributed by atoms with Gasteiger partial charge in [-0.05, 0) is 21.0 Å². The Morgan fingerprint density at radius 3 is 2.71 bits per heavy atom. The van der Waals surface area contributed by atoms with Crippen LogP contribution in [0, 0.1) is 6.92 Å². The molecule has 0 aliphatic carbocycles. The number of carboxylic acids is 1. The summed E-state index contributed by atoms with van der Waals surface area (Å²) < 4.78 is 1.71. The maximum absolute atomic E-state index is 10.7. The summed E-state index contributed by atoms with van der Waals surface area (Å²) in [5.41, 5.74) is 0.989. The lowest BCUT2D eigenvalue weighted by Gasteiger charge is -2.10. The van der Waals surface area contributed by atoms with Crippen LogP contribution in [0.15, 0.2) is 6.20 Å². The summed E-state index contributed by atoms with van der Waals surface area (Å²) in [5, 5.41) is 12.8. The van der Waals surface area contributed by atoms with Gasteiger partial charge in [-0.2, -0.15) is 5.10 Å². The van der Waals surface area contributed by atoms with Crippen LogP contribution in [-0.4, -0.2) is 46.4 Å². The van der Waals surface area contributed by atoms with Crippen LogP contribution in [-0.2, 0) is 6.54 Å². The predicted octanol–water partition coefficient (Wildman–Crippen LogP) is 0.451. The van der Waals surface area contributed by atoms with E-state index in [9.17, 15) is 4.79 Å². The van der Waals surface area contributed by atoms with Crippen molar-refractivity contribution < 1.29 is 9.90 Å². The SMILES string of the molecule is Cc1c(C(=O)O)cnn1CCN(C)C. The van der Waals surface area contributed by atoms with Gasteiger partial charge in [0.15, 0.2) is 0 Å². The van der Waals surface area contributed by atoms with E-state index in [1.54, 1.807) is 11.6 Å². The molecule has 0 atom stereocenters. The Balaban J connectivity index is 2.74. The second kappa shape index (κ2) is 4.23. The van der Waals surface area contributed by atoms with Crippen LogP contribution in [0.5, 0.6) is 0 Å². The van der Waals surface area contributed by atoms with E-state index >= 15 is 0 Å². The highest BCUT2D eigenvalue weighted by molar-refractivity contribution is 5.88. The Labute approximate surface area is 82.9 Å². The number of hydrogen-bond acceptors (Lipinski definition) is 3. The number of carbonyl (C=O) groups is 1. The van der Waals surface area contributed by atoms with Crippen LogP contribution in [0.1, 0.15) is 16.1 Å². The lowest BCUT2D eigenvalue weighted by molar-refractivity contribution is 0.0696. The van der Waals surface area contributed by atoms with Gasteiger partial charge in [0, 0.05) is 12.2 Å². The molecule has 78 valence electrons. The monoisotopic (exact) mass is 197 g/mol. The van der Waals surface area contributed by atoms with Crippen molar-refractivity contribution in [3.63, 3.8) is 0 Å². The Kier molecular flexibility index (Phi) is 3.24. The Morgan fingerprint density at radius 2 is 2.29 bits per heavy atom. The Morgan fingerprint density at radius 1 is 1.64 bits per heavy atom. The van der Waals surface area contributed by atoms with E-state index < -0.39 is 5.97 Å². The summed E-state index contributed by atoms with van der Waals surface area (Å²) in [6.07, 6.45) is 1.40. The van der Waals surface area contributed by atoms with Crippen LogP contribution >= 0.6 is 0 Å². The third-order valence-corrected chi connectivity index (χ3v) is 2.09. The molecular weight excluding hydrogens is 182 g/mol. The summed E-state index contributed by atoms with van der Waals surface area (Å²) in [6, 6.07) is 0. The minimum atomic E-state index is -0.918. The zero-order valence-electron chi connectivity index (χ0n) is 8.69. The number of aromatic nitrogens is 2. The van der Waals surface area contributed by atoms with Crippen molar-refractivity contribution in [1.82, 2.24) is 14.7 Å². The fourth-order valence-electron chi connectivity index (χ4n) is 1.18. The van der Waals surface area contributed by atoms with Gasteiger partial charge >= 0.3 is 5.97 Å². The molecule has 0 aliphatic heterocycles. The van der Waals surface area contributed by atoms with E-state index in [1.165, 1.54) is 6.20 Å². The van der Waals surface area contributed by atoms with Crippen LogP contribution in [0.4, 0.5) is 0 Å². The third kappa shape index (κ3) is 2.32. The molecular formula is C9H15N3O2. The average Bonchev–Trinajstić information content (AvgIpc) is 2.43. The number of carboxylic acid groups (broad SMARTS) is 1. The van der Waals surface area contributed by atoms with Crippen molar-refractivity contribution in [3.05, 3.63) is 17.5 Å². The molecule has 0 amide bonds. The topological polar surface area (TPSA) is 58.4 Å². The maximum Gasteiger partial charge on any atom is 0.339 e. The normalized spacial score (nSPS) is 10.9. The lowest BCUT2D eigenvalue weighted by Crippen LogP contribution is -2.19. The van der Waals surface area contributed by atoms with Gasteiger partial charge in [-0.15, -0.1) is 0 Å². The zero-order chi connectivity index (χ0) is 10.7. The molecule has 0 saturated heterocycles. The second-order valence-corrected chi connectivity index (χ2v) is 3.48. The molecule has 0 radical (unpaired) electrons. The van der Waals surface area contributed by atoms with Gasteiger partial charge < -0.3 is 10.0 Å². The first-order valence-corrected chi connectivity index (χ1v) is 4.43. The highest BCUT2D eigenvalue weighted by Gasteiger charge is 2.12. The smallest absolute Gasteiger partial charge is 0.339 e. The molecule has 0 spiro atoms. The number of rotatable bonds is 4. The Bertz CT molecular complexity index is 331. The van der Waals surface area contributed by atoms with Crippen LogP contribution in [0.2, 0.25) is 0 Å². The summed E-state index contributed by atoms with van der Waals surface area (Å²) in [5.74, 6) is -0.918. The molecule has 5 nitrogen and oxygen atoms in total.